The first-order valence-electron chi connectivity index (χ1n) is 51.0. The van der Waals surface area contributed by atoms with Gasteiger partial charge in [0.15, 0.2) is 0 Å². The second-order valence-electron chi connectivity index (χ2n) is 41.4. The number of carbonyl (C=O) groups excluding carboxylic acids is 9. The number of nitrogens with zero attached hydrogens (tertiary/aromatic N) is 12. The van der Waals surface area contributed by atoms with Crippen LogP contribution in [0.25, 0.3) is 32.4 Å². The van der Waals surface area contributed by atoms with Gasteiger partial charge in [0.05, 0.1) is 70.3 Å². The van der Waals surface area contributed by atoms with Crippen LogP contribution in [0.2, 0.25) is 5.02 Å². The number of likely N-dealkylation sites (tertiary alicyclic amines) is 9. The van der Waals surface area contributed by atoms with Crippen LogP contribution in [0.5, 0.6) is 23.3 Å². The Morgan fingerprint density at radius 1 is 0.371 bits per heavy atom. The molecule has 6 aromatic carbocycles. The molecule has 2 aromatic heterocycles. The summed E-state index contributed by atoms with van der Waals surface area (Å²) >= 11 is 5.75. The van der Waals surface area contributed by atoms with Crippen LogP contribution in [0.3, 0.4) is 0 Å². The molecule has 0 radical (unpaired) electrons. The Kier molecular flexibility index (Phi) is 43.1. The van der Waals surface area contributed by atoms with Gasteiger partial charge in [0.2, 0.25) is 11.8 Å². The van der Waals surface area contributed by atoms with E-state index in [2.05, 4.69) is 172 Å². The molecule has 9 saturated heterocycles. The highest BCUT2D eigenvalue weighted by Crippen LogP contribution is 2.40. The summed E-state index contributed by atoms with van der Waals surface area (Å²) in [7, 11) is 18.2. The van der Waals surface area contributed by atoms with Crippen molar-refractivity contribution < 1.29 is 62.1 Å². The Morgan fingerprint density at radius 2 is 0.836 bits per heavy atom. The molecule has 0 bridgehead atoms. The molecular weight excluding hydrogens is 1780 g/mol. The molecule has 10 fully saturated rings. The first-order chi connectivity index (χ1) is 66.6. The fourth-order valence-electron chi connectivity index (χ4n) is 23.1. The van der Waals surface area contributed by atoms with E-state index in [4.69, 9.17) is 30.5 Å². The molecule has 1 saturated carbocycles. The first-order valence-corrected chi connectivity index (χ1v) is 51.4. The quantitative estimate of drug-likeness (QED) is 0.0687. The third kappa shape index (κ3) is 31.0. The summed E-state index contributed by atoms with van der Waals surface area (Å²) in [6.45, 7) is 31.2. The Balaban J connectivity index is 0.000000164. The lowest BCUT2D eigenvalue weighted by molar-refractivity contribution is -0.122. The summed E-state index contributed by atoms with van der Waals surface area (Å²) in [5, 5.41) is 6.19. The molecule has 8 aromatic rings. The van der Waals surface area contributed by atoms with E-state index in [-0.39, 0.29) is 108 Å². The van der Waals surface area contributed by atoms with E-state index in [9.17, 15) is 43.2 Å². The highest BCUT2D eigenvalue weighted by atomic mass is 35.5. The number of aromatic nitrogens is 3. The van der Waals surface area contributed by atoms with E-state index in [1.54, 1.807) is 80.6 Å². The Labute approximate surface area is 839 Å². The number of carbonyl (C=O) groups is 9. The summed E-state index contributed by atoms with van der Waals surface area (Å²) in [5.74, 6) is 8.64. The SMILES string of the molecule is CC(=O)C1C(C)C(C)CN1C.CC(=O)C1CC(Oc2ccc(Cl)cn2)CN1C.CC(=O)C1CC(Oc2ccc3ccccc3c2)CN1C.CC(=O)C1CC(Oc2cccc3ccccc23)CN1C.CC(=O)C1CC(Oc2ncnc3ccccc23)CN1C.CC(=O)C1CCC(C)N1C.CC(=O)C1CCC(C2CCCCC2)N1C.CC(=O)C1CCC(c2ccccc2)N1C.CCC1CN(C)C(C(C)=O)C1C. The van der Waals surface area contributed by atoms with Gasteiger partial charge in [-0.2, -0.15) is 0 Å². The van der Waals surface area contributed by atoms with E-state index < -0.39 is 0 Å². The smallest absolute Gasteiger partial charge is 0.224 e. The Hall–Kier alpha value is -9.51. The lowest BCUT2D eigenvalue weighted by Crippen LogP contribution is -2.40. The minimum atomic E-state index is -0.0481. The number of ether oxygens (including phenoxy) is 4. The number of hydrogen-bond donors (Lipinski definition) is 0. The number of para-hydroxylation sites is 1. The van der Waals surface area contributed by atoms with Gasteiger partial charge in [0.25, 0.3) is 0 Å². The predicted molar refractivity (Wildman–Crippen MR) is 560 cm³/mol. The van der Waals surface area contributed by atoms with Crippen molar-refractivity contribution in [3.8, 4) is 23.3 Å². The third-order valence-electron chi connectivity index (χ3n) is 31.1. The molecule has 0 N–H and O–H groups in total. The van der Waals surface area contributed by atoms with Crippen LogP contribution < -0.4 is 18.9 Å². The average molecular weight is 1940 g/mol. The van der Waals surface area contributed by atoms with Gasteiger partial charge >= 0.3 is 0 Å². The molecule has 140 heavy (non-hydrogen) atoms. The summed E-state index contributed by atoms with van der Waals surface area (Å²) < 4.78 is 23.9. The van der Waals surface area contributed by atoms with Crippen molar-refractivity contribution in [3.63, 3.8) is 0 Å². The van der Waals surface area contributed by atoms with Crippen LogP contribution in [0.15, 0.2) is 164 Å². The van der Waals surface area contributed by atoms with Crippen LogP contribution in [0.4, 0.5) is 0 Å². The van der Waals surface area contributed by atoms with Crippen LogP contribution in [0.1, 0.15) is 211 Å². The largest absolute Gasteiger partial charge is 0.489 e. The van der Waals surface area contributed by atoms with E-state index in [0.717, 1.165) is 118 Å². The number of halogens is 1. The zero-order valence-corrected chi connectivity index (χ0v) is 88.6. The average Bonchev–Trinajstić information content (AvgIpc) is 1.27. The topological polar surface area (TPSA) is 258 Å². The maximum Gasteiger partial charge on any atom is 0.224 e. The van der Waals surface area contributed by atoms with Crippen molar-refractivity contribution in [2.24, 2.45) is 29.6 Å². The maximum atomic E-state index is 11.6. The molecule has 9 aliphatic heterocycles. The van der Waals surface area contributed by atoms with Gasteiger partial charge in [-0.05, 0) is 272 Å². The number of fused-ring (bicyclic) bond motifs is 3. The van der Waals surface area contributed by atoms with Gasteiger partial charge in [-0.25, -0.2) is 15.0 Å². The molecule has 18 rings (SSSR count). The second kappa shape index (κ2) is 53.7. The minimum Gasteiger partial charge on any atom is -0.489 e. The molecule has 11 heterocycles. The lowest BCUT2D eigenvalue weighted by atomic mass is 9.83. The van der Waals surface area contributed by atoms with Gasteiger partial charge in [-0.15, -0.1) is 0 Å². The lowest BCUT2D eigenvalue weighted by Gasteiger charge is -2.33. The number of rotatable bonds is 20. The van der Waals surface area contributed by atoms with Crippen LogP contribution in [-0.2, 0) is 43.2 Å². The van der Waals surface area contributed by atoms with Crippen molar-refractivity contribution in [2.45, 2.75) is 297 Å². The van der Waals surface area contributed by atoms with E-state index in [1.807, 2.05) is 125 Å². The molecule has 26 heteroatoms. The minimum absolute atomic E-state index is 0.000423. The van der Waals surface area contributed by atoms with Gasteiger partial charge < -0.3 is 18.9 Å². The van der Waals surface area contributed by atoms with Gasteiger partial charge in [0, 0.05) is 101 Å². The fraction of sp³-hybridized carbons (Fsp3) is 0.579. The normalized spacial score (nSPS) is 28.3. The van der Waals surface area contributed by atoms with Crippen molar-refractivity contribution in [2.75, 3.05) is 103 Å². The van der Waals surface area contributed by atoms with E-state index in [1.165, 1.54) is 79.4 Å². The molecule has 762 valence electrons. The molecule has 0 amide bonds. The zero-order valence-electron chi connectivity index (χ0n) is 87.8. The predicted octanol–water partition coefficient (Wildman–Crippen LogP) is 18.0. The van der Waals surface area contributed by atoms with E-state index in [0.29, 0.717) is 88.1 Å². The maximum absolute atomic E-state index is 11.6. The van der Waals surface area contributed by atoms with Crippen molar-refractivity contribution in [3.05, 3.63) is 175 Å². The Morgan fingerprint density at radius 3 is 1.30 bits per heavy atom. The van der Waals surface area contributed by atoms with Gasteiger partial charge in [-0.3, -0.25) is 87.3 Å². The Bertz CT molecular complexity index is 5240. The molecule has 10 aliphatic rings. The number of benzene rings is 6. The monoisotopic (exact) mass is 1940 g/mol. The molecule has 25 nitrogen and oxygen atoms in total. The van der Waals surface area contributed by atoms with Crippen LogP contribution in [-0.4, -0.2) is 305 Å². The first kappa shape index (κ1) is 112. The van der Waals surface area contributed by atoms with Gasteiger partial charge in [-0.1, -0.05) is 174 Å². The van der Waals surface area contributed by atoms with Crippen molar-refractivity contribution in [1.29, 1.82) is 0 Å². The highest BCUT2D eigenvalue weighted by molar-refractivity contribution is 6.30. The zero-order chi connectivity index (χ0) is 102. The standard InChI is InChI=1S/2C17H19NO2.C15H17N3O2.C13H23NO.C13H17NO.C12H15ClN2O2.C10H19NO.C9H17NO.C8H15NO/c1-12(19)16-10-14(11-18(16)2)20-17-9-5-7-13-6-3-4-8-15(13)17;1-12(19)17-10-16(11-18(17)2)20-15-8-7-13-5-3-4-6-14(13)9-15;1-10(19)14-7-11(8-18(14)2)20-15-12-5-3-4-6-13(12)16-9-17-15;2*1-10(15)12-8-9-13(14(12)2)11-6-4-3-5-7-11;1-8(16)11-5-10(7-15(11)2)17-12-4-3-9(13)6-14-12;1-5-9-6-11(4)10(7(9)2)8(3)12;1-6-5-10(4)9(7(6)2)8(3)11;1-6-4-5-8(7(2)10)9(6)3/h3-9,14,16H,10-11H2,1-2H3;3-9,16-17H,10-11H2,1-2H3;3-6,9,11,14H,7-8H2,1-2H3;11-13H,3-9H2,1-2H3;3-7,12-13H,8-9H2,1-2H3;3-4,6,10-11H,5,7H2,1-2H3;7,9-10H,5-6H2,1-4H3;6-7,9H,5H2,1-4H3;6,8H,4-5H2,1-3H3. The third-order valence-corrected chi connectivity index (χ3v) is 31.3. The molecule has 1 aliphatic carbocycles. The van der Waals surface area contributed by atoms with Crippen LogP contribution >= 0.6 is 11.6 Å². The number of likely N-dealkylation sites (N-methyl/N-ethyl adjacent to an activating group) is 9. The van der Waals surface area contributed by atoms with Gasteiger partial charge in [0.1, 0.15) is 94.3 Å². The molecule has 0 spiro atoms. The number of ketones is 9. The summed E-state index contributed by atoms with van der Waals surface area (Å²) in [5.41, 5.74) is 2.19. The highest BCUT2D eigenvalue weighted by Gasteiger charge is 2.43. The summed E-state index contributed by atoms with van der Waals surface area (Å²) in [4.78, 5) is 134. The van der Waals surface area contributed by atoms with Crippen LogP contribution in [0, 0.1) is 29.6 Å². The summed E-state index contributed by atoms with van der Waals surface area (Å²) in [6, 6.07) is 52.9. The second-order valence-corrected chi connectivity index (χ2v) is 41.8. The number of pyridine rings is 1. The van der Waals surface area contributed by atoms with Crippen molar-refractivity contribution >= 4 is 96.1 Å². The van der Waals surface area contributed by atoms with Crippen molar-refractivity contribution in [1.82, 2.24) is 59.1 Å². The number of hydrogen-bond acceptors (Lipinski definition) is 25. The fourth-order valence-corrected chi connectivity index (χ4v) is 23.2. The molecule has 20 unspecified atom stereocenters. The molecular formula is C114H161ClN12O13. The summed E-state index contributed by atoms with van der Waals surface area (Å²) in [6.07, 6.45) is 21.1. The number of Topliss-reactive ketones (excluding diaryl/α,β-unsaturated/α-hetero) is 9. The molecule has 20 atom stereocenters. The van der Waals surface area contributed by atoms with E-state index >= 15 is 0 Å².